The Morgan fingerprint density at radius 3 is 2.15 bits per heavy atom. The largest absolute Gasteiger partial charge is 0.443 e. The van der Waals surface area contributed by atoms with Crippen LogP contribution in [0.1, 0.15) is 31.9 Å². The van der Waals surface area contributed by atoms with E-state index < -0.39 is 16.6 Å². The molecule has 12 heteroatoms. The molecule has 10 nitrogen and oxygen atoms in total. The van der Waals surface area contributed by atoms with Gasteiger partial charge in [-0.05, 0) is 88.7 Å². The van der Waals surface area contributed by atoms with Gasteiger partial charge in [-0.3, -0.25) is 25.1 Å². The highest BCUT2D eigenvalue weighted by atomic mass is 79.9. The minimum atomic E-state index is -0.596. The molecule has 0 saturated heterocycles. The van der Waals surface area contributed by atoms with E-state index in [1.165, 1.54) is 11.0 Å². The van der Waals surface area contributed by atoms with E-state index in [1.54, 1.807) is 32.9 Å². The lowest BCUT2D eigenvalue weighted by Crippen LogP contribution is -2.35. The summed E-state index contributed by atoms with van der Waals surface area (Å²) >= 11 is 6.36. The predicted molar refractivity (Wildman–Crippen MR) is 131 cm³/mol. The average Bonchev–Trinajstić information content (AvgIpc) is 3.31. The summed E-state index contributed by atoms with van der Waals surface area (Å²) in [7, 11) is 0. The zero-order chi connectivity index (χ0) is 24.5. The van der Waals surface area contributed by atoms with E-state index in [4.69, 9.17) is 4.74 Å². The number of carbonyl (C=O) groups is 1. The Balaban J connectivity index is 0.000000203. The van der Waals surface area contributed by atoms with Crippen LogP contribution in [-0.2, 0) is 17.6 Å². The second kappa shape index (κ2) is 9.64. The Bertz CT molecular complexity index is 1130. The molecule has 2 heterocycles. The third kappa shape index (κ3) is 5.80. The van der Waals surface area contributed by atoms with Crippen molar-refractivity contribution < 1.29 is 19.4 Å². The monoisotopic (exact) mass is 584 g/mol. The fourth-order valence-corrected chi connectivity index (χ4v) is 4.56. The number of anilines is 2. The third-order valence-electron chi connectivity index (χ3n) is 4.93. The highest BCUT2D eigenvalue weighted by Gasteiger charge is 2.31. The van der Waals surface area contributed by atoms with Crippen LogP contribution < -0.4 is 10.2 Å². The maximum absolute atomic E-state index is 12.1. The first kappa shape index (κ1) is 24.9. The number of nitro benzene ring substituents is 2. The molecule has 1 N–H and O–H groups in total. The number of nitrogens with one attached hydrogen (secondary N) is 1. The highest BCUT2D eigenvalue weighted by molar-refractivity contribution is 9.11. The van der Waals surface area contributed by atoms with E-state index in [2.05, 4.69) is 37.2 Å². The molecule has 2 aliphatic heterocycles. The molecular formula is C21H22Br2N4O6. The van der Waals surface area contributed by atoms with Crippen LogP contribution in [0.3, 0.4) is 0 Å². The van der Waals surface area contributed by atoms with Crippen LogP contribution in [0.15, 0.2) is 33.2 Å². The van der Waals surface area contributed by atoms with E-state index in [-0.39, 0.29) is 16.3 Å². The molecule has 2 aliphatic rings. The maximum atomic E-state index is 12.1. The predicted octanol–water partition coefficient (Wildman–Crippen LogP) is 5.98. The van der Waals surface area contributed by atoms with Crippen molar-refractivity contribution in [3.05, 3.63) is 64.6 Å². The fraction of sp³-hybridized carbons (Fsp3) is 0.381. The number of nitro groups is 2. The van der Waals surface area contributed by atoms with E-state index >= 15 is 0 Å². The molecule has 0 bridgehead atoms. The quantitative estimate of drug-likeness (QED) is 0.339. The van der Waals surface area contributed by atoms with Gasteiger partial charge in [0.25, 0.3) is 11.4 Å². The van der Waals surface area contributed by atoms with E-state index in [9.17, 15) is 25.0 Å². The smallest absolute Gasteiger partial charge is 0.414 e. The lowest BCUT2D eigenvalue weighted by molar-refractivity contribution is -0.385. The standard InChI is InChI=1S/C13H15BrN2O4.C8H7BrN2O2/c1-13(2,3)20-12(17)15-5-4-8-6-9(14)11(16(18)19)7-10(8)15;9-6-3-5-1-2-10-7(5)4-8(6)11(12)13/h6-7H,4-5H2,1-3H3;3-4,10H,1-2H2. The summed E-state index contributed by atoms with van der Waals surface area (Å²) in [5.74, 6) is 0. The van der Waals surface area contributed by atoms with Crippen molar-refractivity contribution in [2.24, 2.45) is 0 Å². The van der Waals surface area contributed by atoms with Crippen LogP contribution in [0.5, 0.6) is 0 Å². The molecule has 2 aromatic carbocycles. The summed E-state index contributed by atoms with van der Waals surface area (Å²) in [6, 6.07) is 6.49. The Morgan fingerprint density at radius 1 is 1.00 bits per heavy atom. The molecule has 0 aromatic heterocycles. The number of benzene rings is 2. The number of ether oxygens (including phenoxy) is 1. The second-order valence-electron chi connectivity index (χ2n) is 8.47. The zero-order valence-corrected chi connectivity index (χ0v) is 21.4. The molecular weight excluding hydrogens is 564 g/mol. The van der Waals surface area contributed by atoms with Crippen LogP contribution in [0, 0.1) is 20.2 Å². The normalized spacial score (nSPS) is 13.9. The molecule has 0 unspecified atom stereocenters. The van der Waals surface area contributed by atoms with E-state index in [0.29, 0.717) is 27.6 Å². The van der Waals surface area contributed by atoms with Crippen LogP contribution in [-0.4, -0.2) is 34.6 Å². The Labute approximate surface area is 206 Å². The van der Waals surface area contributed by atoms with Gasteiger partial charge < -0.3 is 10.1 Å². The number of carbonyl (C=O) groups excluding carboxylic acids is 1. The number of nitrogens with zero attached hydrogens (tertiary/aromatic N) is 3. The molecule has 0 fully saturated rings. The Morgan fingerprint density at radius 2 is 1.58 bits per heavy atom. The summed E-state index contributed by atoms with van der Waals surface area (Å²) < 4.78 is 6.29. The number of fused-ring (bicyclic) bond motifs is 2. The fourth-order valence-electron chi connectivity index (χ4n) is 3.49. The van der Waals surface area contributed by atoms with Crippen molar-refractivity contribution >= 4 is 60.7 Å². The minimum Gasteiger partial charge on any atom is -0.443 e. The first-order valence-electron chi connectivity index (χ1n) is 10.1. The summed E-state index contributed by atoms with van der Waals surface area (Å²) in [6.07, 6.45) is 1.12. The summed E-state index contributed by atoms with van der Waals surface area (Å²) in [5.41, 5.74) is 2.93. The Kier molecular flexibility index (Phi) is 7.27. The van der Waals surface area contributed by atoms with Crippen LogP contribution >= 0.6 is 31.9 Å². The van der Waals surface area contributed by atoms with Crippen molar-refractivity contribution in [2.45, 2.75) is 39.2 Å². The SMILES string of the molecule is CC(C)(C)OC(=O)N1CCc2cc(Br)c([N+](=O)[O-])cc21.O=[N+]([O-])c1cc2c(cc1Br)CCN2. The molecule has 0 radical (unpaired) electrons. The lowest BCUT2D eigenvalue weighted by atomic mass is 10.1. The Hall–Kier alpha value is -2.73. The van der Waals surface area contributed by atoms with Gasteiger partial charge in [0.15, 0.2) is 0 Å². The number of amides is 1. The van der Waals surface area contributed by atoms with Gasteiger partial charge in [-0.2, -0.15) is 0 Å². The summed E-state index contributed by atoms with van der Waals surface area (Å²) in [6.45, 7) is 6.69. The summed E-state index contributed by atoms with van der Waals surface area (Å²) in [4.78, 5) is 34.2. The van der Waals surface area contributed by atoms with Gasteiger partial charge in [-0.15, -0.1) is 0 Å². The molecule has 0 aliphatic carbocycles. The third-order valence-corrected chi connectivity index (χ3v) is 6.20. The summed E-state index contributed by atoms with van der Waals surface area (Å²) in [5, 5.41) is 24.6. The highest BCUT2D eigenvalue weighted by Crippen LogP contribution is 2.37. The molecule has 0 saturated carbocycles. The van der Waals surface area contributed by atoms with Gasteiger partial charge in [-0.1, -0.05) is 0 Å². The lowest BCUT2D eigenvalue weighted by Gasteiger charge is -2.24. The molecule has 4 rings (SSSR count). The van der Waals surface area contributed by atoms with Crippen molar-refractivity contribution in [3.63, 3.8) is 0 Å². The molecule has 176 valence electrons. The number of hydrogen-bond donors (Lipinski definition) is 1. The maximum Gasteiger partial charge on any atom is 0.414 e. The van der Waals surface area contributed by atoms with Crippen molar-refractivity contribution in [3.8, 4) is 0 Å². The number of rotatable bonds is 2. The van der Waals surface area contributed by atoms with Crippen LogP contribution in [0.25, 0.3) is 0 Å². The van der Waals surface area contributed by atoms with Gasteiger partial charge in [0, 0.05) is 30.9 Å². The molecule has 33 heavy (non-hydrogen) atoms. The zero-order valence-electron chi connectivity index (χ0n) is 18.2. The molecule has 1 amide bonds. The van der Waals surface area contributed by atoms with Crippen LogP contribution in [0.2, 0.25) is 0 Å². The van der Waals surface area contributed by atoms with Crippen molar-refractivity contribution in [1.29, 1.82) is 0 Å². The average molecular weight is 586 g/mol. The van der Waals surface area contributed by atoms with Gasteiger partial charge in [0.05, 0.1) is 24.5 Å². The second-order valence-corrected chi connectivity index (χ2v) is 10.2. The van der Waals surface area contributed by atoms with Crippen molar-refractivity contribution in [2.75, 3.05) is 23.3 Å². The van der Waals surface area contributed by atoms with Crippen molar-refractivity contribution in [1.82, 2.24) is 0 Å². The number of hydrogen-bond acceptors (Lipinski definition) is 7. The van der Waals surface area contributed by atoms with Gasteiger partial charge in [-0.25, -0.2) is 4.79 Å². The first-order valence-corrected chi connectivity index (χ1v) is 11.6. The van der Waals surface area contributed by atoms with Gasteiger partial charge >= 0.3 is 6.09 Å². The molecule has 0 spiro atoms. The number of halogens is 2. The van der Waals surface area contributed by atoms with E-state index in [0.717, 1.165) is 29.8 Å². The topological polar surface area (TPSA) is 128 Å². The minimum absolute atomic E-state index is 0.0563. The van der Waals surface area contributed by atoms with Gasteiger partial charge in [0.1, 0.15) is 5.60 Å². The van der Waals surface area contributed by atoms with E-state index in [1.807, 2.05) is 6.07 Å². The van der Waals surface area contributed by atoms with Crippen LogP contribution in [0.4, 0.5) is 27.5 Å². The van der Waals surface area contributed by atoms with Gasteiger partial charge in [0.2, 0.25) is 0 Å². The molecule has 0 atom stereocenters. The first-order chi connectivity index (χ1) is 15.4. The molecule has 2 aromatic rings.